The standard InChI is InChI=1S/C20H20N6OS2/c1-13-6-8-14(9-7-13)26-20(23-24-25-26)28-11-10-18(27)22-19-16(12-21)15-4-2-3-5-17(15)29-19/h6-9H,2-5,10-11H2,1H3,(H,22,27). The van der Waals surface area contributed by atoms with Crippen LogP contribution in [0.2, 0.25) is 0 Å². The molecule has 148 valence electrons. The molecule has 0 unspecified atom stereocenters. The monoisotopic (exact) mass is 424 g/mol. The van der Waals surface area contributed by atoms with Gasteiger partial charge in [-0.1, -0.05) is 29.5 Å². The number of aromatic nitrogens is 4. The quantitative estimate of drug-likeness (QED) is 0.603. The van der Waals surface area contributed by atoms with E-state index in [4.69, 9.17) is 0 Å². The smallest absolute Gasteiger partial charge is 0.225 e. The van der Waals surface area contributed by atoms with E-state index in [9.17, 15) is 10.1 Å². The van der Waals surface area contributed by atoms with Gasteiger partial charge in [-0.25, -0.2) is 0 Å². The van der Waals surface area contributed by atoms with Crippen LogP contribution in [0.15, 0.2) is 29.4 Å². The van der Waals surface area contributed by atoms with Gasteiger partial charge in [-0.15, -0.1) is 16.4 Å². The molecule has 9 heteroatoms. The predicted octanol–water partition coefficient (Wildman–Crippen LogP) is 3.90. The van der Waals surface area contributed by atoms with Gasteiger partial charge in [-0.3, -0.25) is 4.79 Å². The van der Waals surface area contributed by atoms with Crippen LogP contribution in [-0.2, 0) is 17.6 Å². The van der Waals surface area contributed by atoms with E-state index in [0.717, 1.165) is 36.9 Å². The van der Waals surface area contributed by atoms with Crippen molar-refractivity contribution in [3.63, 3.8) is 0 Å². The van der Waals surface area contributed by atoms with Crippen LogP contribution in [0, 0.1) is 18.3 Å². The maximum absolute atomic E-state index is 12.4. The molecule has 1 aromatic carbocycles. The number of thiophene rings is 1. The Morgan fingerprint density at radius 2 is 2.10 bits per heavy atom. The summed E-state index contributed by atoms with van der Waals surface area (Å²) in [5, 5.41) is 25.6. The number of nitrogens with one attached hydrogen (secondary N) is 1. The van der Waals surface area contributed by atoms with E-state index in [2.05, 4.69) is 26.9 Å². The van der Waals surface area contributed by atoms with Crippen LogP contribution < -0.4 is 5.32 Å². The number of nitrogens with zero attached hydrogens (tertiary/aromatic N) is 5. The lowest BCUT2D eigenvalue weighted by molar-refractivity contribution is -0.115. The van der Waals surface area contributed by atoms with Crippen LogP contribution in [0.1, 0.15) is 40.8 Å². The van der Waals surface area contributed by atoms with Gasteiger partial charge in [0.25, 0.3) is 0 Å². The normalized spacial score (nSPS) is 13.0. The molecule has 3 aromatic rings. The van der Waals surface area contributed by atoms with E-state index in [0.29, 0.717) is 27.9 Å². The molecule has 29 heavy (non-hydrogen) atoms. The number of benzene rings is 1. The third-order valence-corrected chi connectivity index (χ3v) is 6.94. The van der Waals surface area contributed by atoms with Crippen molar-refractivity contribution in [2.75, 3.05) is 11.1 Å². The van der Waals surface area contributed by atoms with E-state index in [1.807, 2.05) is 31.2 Å². The lowest BCUT2D eigenvalue weighted by Gasteiger charge is -2.09. The number of aryl methyl sites for hydroxylation is 2. The van der Waals surface area contributed by atoms with Gasteiger partial charge in [0, 0.05) is 17.1 Å². The Morgan fingerprint density at radius 1 is 1.31 bits per heavy atom. The number of tetrazole rings is 1. The fourth-order valence-electron chi connectivity index (χ4n) is 3.31. The largest absolute Gasteiger partial charge is 0.317 e. The minimum Gasteiger partial charge on any atom is -0.317 e. The van der Waals surface area contributed by atoms with Crippen LogP contribution >= 0.6 is 23.1 Å². The van der Waals surface area contributed by atoms with Gasteiger partial charge in [0.05, 0.1) is 11.3 Å². The fraction of sp³-hybridized carbons (Fsp3) is 0.350. The maximum Gasteiger partial charge on any atom is 0.225 e. The summed E-state index contributed by atoms with van der Waals surface area (Å²) in [7, 11) is 0. The zero-order valence-corrected chi connectivity index (χ0v) is 17.6. The van der Waals surface area contributed by atoms with Crippen molar-refractivity contribution in [3.8, 4) is 11.8 Å². The number of carbonyl (C=O) groups is 1. The highest BCUT2D eigenvalue weighted by Gasteiger charge is 2.21. The second-order valence-electron chi connectivity index (χ2n) is 6.88. The predicted molar refractivity (Wildman–Crippen MR) is 114 cm³/mol. The Bertz CT molecular complexity index is 1060. The number of amides is 1. The van der Waals surface area contributed by atoms with E-state index in [1.165, 1.54) is 22.2 Å². The average Bonchev–Trinajstić information content (AvgIpc) is 3.32. The molecule has 1 amide bonds. The first-order valence-corrected chi connectivity index (χ1v) is 11.3. The lowest BCUT2D eigenvalue weighted by Crippen LogP contribution is -2.12. The Hall–Kier alpha value is -2.70. The van der Waals surface area contributed by atoms with E-state index in [-0.39, 0.29) is 5.91 Å². The highest BCUT2D eigenvalue weighted by molar-refractivity contribution is 7.99. The Kier molecular flexibility index (Phi) is 5.92. The summed E-state index contributed by atoms with van der Waals surface area (Å²) < 4.78 is 1.67. The zero-order chi connectivity index (χ0) is 20.2. The second kappa shape index (κ2) is 8.76. The van der Waals surface area contributed by atoms with Crippen LogP contribution in [-0.4, -0.2) is 31.9 Å². The van der Waals surface area contributed by atoms with Crippen molar-refractivity contribution in [1.29, 1.82) is 5.26 Å². The highest BCUT2D eigenvalue weighted by atomic mass is 32.2. The zero-order valence-electron chi connectivity index (χ0n) is 16.0. The summed E-state index contributed by atoms with van der Waals surface area (Å²) in [6, 6.07) is 10.2. The van der Waals surface area contributed by atoms with Crippen LogP contribution in [0.25, 0.3) is 5.69 Å². The minimum atomic E-state index is -0.0954. The van der Waals surface area contributed by atoms with E-state index in [1.54, 1.807) is 16.0 Å². The maximum atomic E-state index is 12.4. The van der Waals surface area contributed by atoms with Crippen molar-refractivity contribution in [1.82, 2.24) is 20.2 Å². The van der Waals surface area contributed by atoms with Gasteiger partial charge in [0.15, 0.2) is 0 Å². The van der Waals surface area contributed by atoms with Gasteiger partial charge in [-0.2, -0.15) is 9.94 Å². The van der Waals surface area contributed by atoms with Crippen molar-refractivity contribution in [3.05, 3.63) is 45.8 Å². The van der Waals surface area contributed by atoms with Crippen LogP contribution in [0.4, 0.5) is 5.00 Å². The van der Waals surface area contributed by atoms with Gasteiger partial charge >= 0.3 is 0 Å². The summed E-state index contributed by atoms with van der Waals surface area (Å²) in [5.41, 5.74) is 3.83. The molecule has 0 atom stereocenters. The Morgan fingerprint density at radius 3 is 2.90 bits per heavy atom. The molecule has 1 N–H and O–H groups in total. The topological polar surface area (TPSA) is 96.5 Å². The highest BCUT2D eigenvalue weighted by Crippen LogP contribution is 2.37. The summed E-state index contributed by atoms with van der Waals surface area (Å²) in [5.74, 6) is 0.451. The summed E-state index contributed by atoms with van der Waals surface area (Å²) in [6.07, 6.45) is 4.51. The molecule has 4 rings (SSSR count). The molecule has 0 radical (unpaired) electrons. The molecule has 7 nitrogen and oxygen atoms in total. The molecule has 1 aliphatic rings. The summed E-state index contributed by atoms with van der Waals surface area (Å²) >= 11 is 2.98. The first-order chi connectivity index (χ1) is 14.2. The summed E-state index contributed by atoms with van der Waals surface area (Å²) in [4.78, 5) is 13.7. The molecular formula is C20H20N6OS2. The number of thioether (sulfide) groups is 1. The van der Waals surface area contributed by atoms with E-state index >= 15 is 0 Å². The number of nitriles is 1. The molecular weight excluding hydrogens is 404 g/mol. The second-order valence-corrected chi connectivity index (χ2v) is 9.05. The average molecular weight is 425 g/mol. The first-order valence-electron chi connectivity index (χ1n) is 9.48. The number of carbonyl (C=O) groups excluding carboxylic acids is 1. The van der Waals surface area contributed by atoms with E-state index < -0.39 is 0 Å². The molecule has 2 heterocycles. The summed E-state index contributed by atoms with van der Waals surface area (Å²) in [6.45, 7) is 2.03. The molecule has 0 bridgehead atoms. The Labute approximate surface area is 177 Å². The van der Waals surface area contributed by atoms with Gasteiger partial charge in [-0.05, 0) is 60.7 Å². The van der Waals surface area contributed by atoms with Gasteiger partial charge < -0.3 is 5.32 Å². The number of fused-ring (bicyclic) bond motifs is 1. The molecule has 0 spiro atoms. The van der Waals surface area contributed by atoms with Crippen molar-refractivity contribution in [2.45, 2.75) is 44.2 Å². The SMILES string of the molecule is Cc1ccc(-n2nnnc2SCCC(=O)Nc2sc3c(c2C#N)CCCC3)cc1. The third kappa shape index (κ3) is 4.33. The number of rotatable bonds is 6. The van der Waals surface area contributed by atoms with Crippen molar-refractivity contribution >= 4 is 34.0 Å². The van der Waals surface area contributed by atoms with Crippen molar-refractivity contribution in [2.24, 2.45) is 0 Å². The third-order valence-electron chi connectivity index (χ3n) is 4.82. The van der Waals surface area contributed by atoms with Gasteiger partial charge in [0.2, 0.25) is 11.1 Å². The molecule has 0 saturated heterocycles. The molecule has 0 aliphatic heterocycles. The molecule has 0 fully saturated rings. The number of anilines is 1. The molecule has 1 aliphatic carbocycles. The number of hydrogen-bond donors (Lipinski definition) is 1. The van der Waals surface area contributed by atoms with Crippen LogP contribution in [0.5, 0.6) is 0 Å². The first kappa shape index (κ1) is 19.6. The fourth-order valence-corrected chi connectivity index (χ4v) is 5.40. The number of hydrogen-bond acceptors (Lipinski definition) is 7. The minimum absolute atomic E-state index is 0.0954. The van der Waals surface area contributed by atoms with Crippen LogP contribution in [0.3, 0.4) is 0 Å². The van der Waals surface area contributed by atoms with Gasteiger partial charge in [0.1, 0.15) is 11.1 Å². The Balaban J connectivity index is 1.36. The lowest BCUT2D eigenvalue weighted by atomic mass is 9.96. The molecule has 0 saturated carbocycles. The molecule has 2 aromatic heterocycles. The van der Waals surface area contributed by atoms with Crippen molar-refractivity contribution < 1.29 is 4.79 Å².